The van der Waals surface area contributed by atoms with Crippen LogP contribution >= 0.6 is 34.7 Å². The molecule has 0 saturated carbocycles. The number of nitrogens with zero attached hydrogens (tertiary/aromatic N) is 4. The van der Waals surface area contributed by atoms with Crippen LogP contribution in [0.15, 0.2) is 101 Å². The largest absolute Gasteiger partial charge is 0.503 e. The Morgan fingerprint density at radius 3 is 2.45 bits per heavy atom. The molecule has 1 aliphatic rings. The summed E-state index contributed by atoms with van der Waals surface area (Å²) >= 11 is 8.50. The third-order valence-corrected chi connectivity index (χ3v) is 8.38. The third-order valence-electron chi connectivity index (χ3n) is 6.00. The van der Waals surface area contributed by atoms with E-state index in [4.69, 9.17) is 11.6 Å². The second-order valence-corrected chi connectivity index (χ2v) is 11.2. The van der Waals surface area contributed by atoms with Crippen LogP contribution in [0, 0.1) is 10.1 Å². The van der Waals surface area contributed by atoms with Gasteiger partial charge in [0.1, 0.15) is 0 Å². The third kappa shape index (κ3) is 5.81. The molecule has 0 radical (unpaired) electrons. The molecule has 2 heterocycles. The van der Waals surface area contributed by atoms with Gasteiger partial charge in [0.2, 0.25) is 5.13 Å². The maximum absolute atomic E-state index is 13.4. The van der Waals surface area contributed by atoms with E-state index in [2.05, 4.69) is 10.2 Å². The van der Waals surface area contributed by atoms with Gasteiger partial charge >= 0.3 is 0 Å². The summed E-state index contributed by atoms with van der Waals surface area (Å²) < 4.78 is 0.573. The first kappa shape index (κ1) is 27.3. The molecule has 1 aromatic heterocycles. The number of thioether (sulfide) groups is 1. The van der Waals surface area contributed by atoms with Crippen molar-refractivity contribution in [3.8, 4) is 0 Å². The molecule has 1 N–H and O–H groups in total. The van der Waals surface area contributed by atoms with Gasteiger partial charge in [0.05, 0.1) is 16.5 Å². The predicted octanol–water partition coefficient (Wildman–Crippen LogP) is 6.57. The number of anilines is 1. The number of aliphatic hydroxyl groups excluding tert-OH is 1. The van der Waals surface area contributed by atoms with Gasteiger partial charge in [-0.25, -0.2) is 0 Å². The summed E-state index contributed by atoms with van der Waals surface area (Å²) in [5, 5.41) is 31.2. The highest BCUT2D eigenvalue weighted by Gasteiger charge is 2.45. The van der Waals surface area contributed by atoms with E-state index in [1.807, 2.05) is 42.5 Å². The Bertz CT molecular complexity index is 1640. The van der Waals surface area contributed by atoms with E-state index in [0.717, 1.165) is 22.5 Å². The summed E-state index contributed by atoms with van der Waals surface area (Å²) in [5.41, 5.74) is 1.86. The van der Waals surface area contributed by atoms with Gasteiger partial charge in [0.25, 0.3) is 11.6 Å². The van der Waals surface area contributed by atoms with Gasteiger partial charge in [-0.15, -0.1) is 10.2 Å². The number of halogens is 1. The van der Waals surface area contributed by atoms with Gasteiger partial charge in [-0.1, -0.05) is 83.2 Å². The van der Waals surface area contributed by atoms with Crippen LogP contribution in [0.5, 0.6) is 0 Å². The van der Waals surface area contributed by atoms with Crippen molar-refractivity contribution >= 4 is 63.3 Å². The number of carbonyl (C=O) groups excluding carboxylic acids is 2. The maximum atomic E-state index is 13.4. The van der Waals surface area contributed by atoms with Crippen molar-refractivity contribution in [3.63, 3.8) is 0 Å². The average molecular weight is 591 g/mol. The normalized spacial score (nSPS) is 15.3. The zero-order valence-corrected chi connectivity index (χ0v) is 22.9. The van der Waals surface area contributed by atoms with Crippen LogP contribution in [0.4, 0.5) is 10.8 Å². The monoisotopic (exact) mass is 590 g/mol. The molecule has 0 fully saturated rings. The number of allylic oxidation sites excluding steroid dienone is 1. The van der Waals surface area contributed by atoms with Crippen LogP contribution in [-0.4, -0.2) is 31.9 Å². The maximum Gasteiger partial charge on any atom is 0.296 e. The summed E-state index contributed by atoms with van der Waals surface area (Å²) in [6.07, 6.45) is 2.86. The molecule has 0 spiro atoms. The first-order chi connectivity index (χ1) is 19.3. The first-order valence-corrected chi connectivity index (χ1v) is 14.0. The molecule has 0 saturated heterocycles. The molecule has 1 atom stereocenters. The minimum absolute atomic E-state index is 0.151. The van der Waals surface area contributed by atoms with Crippen molar-refractivity contribution in [3.05, 3.63) is 128 Å². The SMILES string of the molecule is O=C(/C=C/c1ccccc1)C1=C(O)C(=O)N(c2nnc(SCc3ccc(Cl)cc3)s2)C1c1ccc([N+](=O)[O-])cc1. The van der Waals surface area contributed by atoms with E-state index < -0.39 is 28.4 Å². The summed E-state index contributed by atoms with van der Waals surface area (Å²) in [4.78, 5) is 38.5. The Labute approximate surface area is 241 Å². The van der Waals surface area contributed by atoms with Gasteiger partial charge in [-0.2, -0.15) is 0 Å². The molecule has 200 valence electrons. The zero-order valence-electron chi connectivity index (χ0n) is 20.5. The number of ketones is 1. The standard InChI is InChI=1S/C28H19ClN4O5S2/c29-20-11-6-18(7-12-20)16-39-28-31-30-27(40-28)32-24(19-9-13-21(14-10-19)33(37)38)23(25(35)26(32)36)22(34)15-8-17-4-2-1-3-5-17/h1-15,24,35H,16H2/b15-8+. The van der Waals surface area contributed by atoms with E-state index >= 15 is 0 Å². The Morgan fingerprint density at radius 1 is 1.07 bits per heavy atom. The van der Waals surface area contributed by atoms with E-state index in [-0.39, 0.29) is 16.4 Å². The van der Waals surface area contributed by atoms with E-state index in [1.54, 1.807) is 18.2 Å². The lowest BCUT2D eigenvalue weighted by Gasteiger charge is -2.23. The number of benzene rings is 3. The second kappa shape index (κ2) is 11.8. The summed E-state index contributed by atoms with van der Waals surface area (Å²) in [6.45, 7) is 0. The van der Waals surface area contributed by atoms with Crippen LogP contribution in [0.1, 0.15) is 22.7 Å². The van der Waals surface area contributed by atoms with Gasteiger partial charge in [0.15, 0.2) is 15.9 Å². The Balaban J connectivity index is 1.47. The molecule has 9 nitrogen and oxygen atoms in total. The fraction of sp³-hybridized carbons (Fsp3) is 0.0714. The lowest BCUT2D eigenvalue weighted by atomic mass is 9.95. The van der Waals surface area contributed by atoms with Gasteiger partial charge in [-0.3, -0.25) is 24.6 Å². The minimum Gasteiger partial charge on any atom is -0.503 e. The number of aliphatic hydroxyl groups is 1. The lowest BCUT2D eigenvalue weighted by molar-refractivity contribution is -0.384. The molecule has 0 aliphatic carbocycles. The smallest absolute Gasteiger partial charge is 0.296 e. The molecule has 5 rings (SSSR count). The number of nitro benzene ring substituents is 1. The molecular formula is C28H19ClN4O5S2. The van der Waals surface area contributed by atoms with Crippen molar-refractivity contribution < 1.29 is 19.6 Å². The minimum atomic E-state index is -1.07. The van der Waals surface area contributed by atoms with E-state index in [1.165, 1.54) is 47.0 Å². The molecule has 12 heteroatoms. The Morgan fingerprint density at radius 2 is 1.77 bits per heavy atom. The highest BCUT2D eigenvalue weighted by molar-refractivity contribution is 8.00. The van der Waals surface area contributed by atoms with Crippen LogP contribution in [0.3, 0.4) is 0 Å². The molecule has 0 bridgehead atoms. The van der Waals surface area contributed by atoms with Gasteiger partial charge in [-0.05, 0) is 47.0 Å². The molecule has 3 aromatic carbocycles. The number of hydrogen-bond acceptors (Lipinski definition) is 9. The van der Waals surface area contributed by atoms with Crippen LogP contribution in [0.25, 0.3) is 6.08 Å². The fourth-order valence-electron chi connectivity index (χ4n) is 4.06. The molecule has 40 heavy (non-hydrogen) atoms. The Kier molecular flexibility index (Phi) is 8.06. The average Bonchev–Trinajstić information content (AvgIpc) is 3.54. The summed E-state index contributed by atoms with van der Waals surface area (Å²) in [7, 11) is 0. The first-order valence-electron chi connectivity index (χ1n) is 11.8. The summed E-state index contributed by atoms with van der Waals surface area (Å²) in [6, 6.07) is 20.9. The fourth-order valence-corrected chi connectivity index (χ4v) is 6.01. The quantitative estimate of drug-likeness (QED) is 0.0762. The number of non-ortho nitro benzene ring substituents is 1. The van der Waals surface area contributed by atoms with E-state index in [0.29, 0.717) is 20.7 Å². The number of hydrogen-bond donors (Lipinski definition) is 1. The number of carbonyl (C=O) groups is 2. The summed E-state index contributed by atoms with van der Waals surface area (Å²) in [5.74, 6) is -1.52. The van der Waals surface area contributed by atoms with Gasteiger partial charge < -0.3 is 5.11 Å². The van der Waals surface area contributed by atoms with Crippen LogP contribution < -0.4 is 4.90 Å². The van der Waals surface area contributed by atoms with Crippen molar-refractivity contribution in [2.45, 2.75) is 16.1 Å². The number of aromatic nitrogens is 2. The molecule has 1 aliphatic heterocycles. The molecule has 4 aromatic rings. The van der Waals surface area contributed by atoms with Gasteiger partial charge in [0, 0.05) is 22.9 Å². The van der Waals surface area contributed by atoms with Crippen molar-refractivity contribution in [1.82, 2.24) is 10.2 Å². The van der Waals surface area contributed by atoms with Crippen molar-refractivity contribution in [1.29, 1.82) is 0 Å². The molecule has 1 unspecified atom stereocenters. The van der Waals surface area contributed by atoms with Crippen molar-refractivity contribution in [2.75, 3.05) is 4.90 Å². The van der Waals surface area contributed by atoms with E-state index in [9.17, 15) is 24.8 Å². The highest BCUT2D eigenvalue weighted by atomic mass is 35.5. The predicted molar refractivity (Wildman–Crippen MR) is 154 cm³/mol. The topological polar surface area (TPSA) is 127 Å². The number of nitro groups is 1. The second-order valence-electron chi connectivity index (χ2n) is 8.56. The van der Waals surface area contributed by atoms with Crippen molar-refractivity contribution in [2.24, 2.45) is 0 Å². The zero-order chi connectivity index (χ0) is 28.2. The molecule has 1 amide bonds. The van der Waals surface area contributed by atoms with Crippen LogP contribution in [-0.2, 0) is 15.3 Å². The number of amides is 1. The molecular weight excluding hydrogens is 572 g/mol. The lowest BCUT2D eigenvalue weighted by Crippen LogP contribution is -2.30. The highest BCUT2D eigenvalue weighted by Crippen LogP contribution is 2.43. The number of rotatable bonds is 9. The Hall–Kier alpha value is -4.32. The van der Waals surface area contributed by atoms with Crippen LogP contribution in [0.2, 0.25) is 5.02 Å².